The second-order valence-corrected chi connectivity index (χ2v) is 12.9. The molecule has 290 valence electrons. The minimum absolute atomic E-state index is 0.0317. The lowest BCUT2D eigenvalue weighted by molar-refractivity contribution is -0.154. The van der Waals surface area contributed by atoms with E-state index in [1.807, 2.05) is 30.3 Å². The maximum Gasteiger partial charge on any atom is 0.422 e. The second-order valence-electron chi connectivity index (χ2n) is 12.4. The lowest BCUT2D eigenvalue weighted by atomic mass is 10.1. The molecule has 18 heteroatoms. The first-order chi connectivity index (χ1) is 26.3. The van der Waals surface area contributed by atoms with E-state index in [1.165, 1.54) is 31.4 Å². The zero-order valence-electron chi connectivity index (χ0n) is 29.7. The van der Waals surface area contributed by atoms with Crippen molar-refractivity contribution in [2.24, 2.45) is 0 Å². The number of para-hydroxylation sites is 1. The van der Waals surface area contributed by atoms with Crippen LogP contribution >= 0.6 is 11.6 Å². The van der Waals surface area contributed by atoms with Gasteiger partial charge in [0.15, 0.2) is 6.61 Å². The summed E-state index contributed by atoms with van der Waals surface area (Å²) in [4.78, 5) is 62.9. The van der Waals surface area contributed by atoms with Crippen molar-refractivity contribution in [1.82, 2.24) is 25.6 Å². The van der Waals surface area contributed by atoms with Gasteiger partial charge in [-0.3, -0.25) is 14.4 Å². The van der Waals surface area contributed by atoms with Crippen LogP contribution in [0.25, 0.3) is 0 Å². The molecule has 2 amide bonds. The fourth-order valence-electron chi connectivity index (χ4n) is 5.45. The number of hydrogen-bond donors (Lipinski definition) is 4. The molecule has 1 heterocycles. The summed E-state index contributed by atoms with van der Waals surface area (Å²) in [6, 6.07) is 18.4. The number of esters is 1. The molecular weight excluding hydrogens is 747 g/mol. The number of aromatic nitrogens is 3. The van der Waals surface area contributed by atoms with Gasteiger partial charge >= 0.3 is 18.2 Å². The number of benzene rings is 3. The van der Waals surface area contributed by atoms with Crippen LogP contribution in [0.4, 0.5) is 30.8 Å². The molecule has 1 aromatic heterocycles. The van der Waals surface area contributed by atoms with Gasteiger partial charge < -0.3 is 35.5 Å². The van der Waals surface area contributed by atoms with Gasteiger partial charge in [0.25, 0.3) is 11.8 Å². The van der Waals surface area contributed by atoms with Gasteiger partial charge in [-0.1, -0.05) is 41.9 Å². The van der Waals surface area contributed by atoms with Crippen LogP contribution in [0.5, 0.6) is 11.8 Å². The maximum atomic E-state index is 13.1. The molecule has 0 aliphatic heterocycles. The number of Topliss-reactive ketones (excluding diaryl/α,β-unsaturated/α-hetero) is 1. The van der Waals surface area contributed by atoms with Crippen molar-refractivity contribution in [3.05, 3.63) is 94.5 Å². The van der Waals surface area contributed by atoms with Crippen molar-refractivity contribution in [3.63, 3.8) is 0 Å². The highest BCUT2D eigenvalue weighted by Gasteiger charge is 2.45. The van der Waals surface area contributed by atoms with E-state index in [0.717, 1.165) is 18.2 Å². The number of amides is 2. The molecule has 0 radical (unpaired) electrons. The number of methoxy groups -OCH3 is 2. The molecule has 1 atom stereocenters. The van der Waals surface area contributed by atoms with Crippen molar-refractivity contribution in [1.29, 1.82) is 0 Å². The fourth-order valence-corrected chi connectivity index (χ4v) is 5.57. The first-order valence-corrected chi connectivity index (χ1v) is 17.3. The summed E-state index contributed by atoms with van der Waals surface area (Å²) >= 11 is 6.03. The molecule has 0 bridgehead atoms. The molecule has 1 fully saturated rings. The van der Waals surface area contributed by atoms with Gasteiger partial charge in [-0.05, 0) is 79.3 Å². The van der Waals surface area contributed by atoms with Crippen LogP contribution in [-0.4, -0.2) is 78.1 Å². The first kappa shape index (κ1) is 40.2. The molecule has 14 nitrogen and oxygen atoms in total. The summed E-state index contributed by atoms with van der Waals surface area (Å²) in [5, 5.41) is 11.7. The maximum absolute atomic E-state index is 13.1. The zero-order valence-corrected chi connectivity index (χ0v) is 30.4. The van der Waals surface area contributed by atoms with Gasteiger partial charge in [0.2, 0.25) is 17.7 Å². The van der Waals surface area contributed by atoms with Crippen molar-refractivity contribution < 1.29 is 46.6 Å². The van der Waals surface area contributed by atoms with Gasteiger partial charge in [-0.2, -0.15) is 28.1 Å². The third kappa shape index (κ3) is 11.5. The van der Waals surface area contributed by atoms with E-state index >= 15 is 0 Å². The molecule has 4 N–H and O–H groups in total. The average molecular weight is 784 g/mol. The van der Waals surface area contributed by atoms with E-state index in [9.17, 15) is 32.3 Å². The Morgan fingerprint density at radius 2 is 1.60 bits per heavy atom. The number of rotatable bonds is 18. The summed E-state index contributed by atoms with van der Waals surface area (Å²) in [6.45, 7) is -1.45. The monoisotopic (exact) mass is 783 g/mol. The Labute approximate surface area is 318 Å². The number of ether oxygens (including phenoxy) is 3. The average Bonchev–Trinajstić information content (AvgIpc) is 3.95. The number of anilines is 3. The van der Waals surface area contributed by atoms with Gasteiger partial charge in [-0.25, -0.2) is 4.79 Å². The van der Waals surface area contributed by atoms with Gasteiger partial charge in [0.1, 0.15) is 11.8 Å². The number of hydrogen-bond acceptors (Lipinski definition) is 12. The Kier molecular flexibility index (Phi) is 13.1. The van der Waals surface area contributed by atoms with Gasteiger partial charge in [0, 0.05) is 29.2 Å². The number of nitrogens with one attached hydrogen (secondary N) is 4. The smallest absolute Gasteiger partial charge is 0.422 e. The molecule has 0 spiro atoms. The lowest BCUT2D eigenvalue weighted by Crippen LogP contribution is -2.42. The summed E-state index contributed by atoms with van der Waals surface area (Å²) < 4.78 is 53.8. The highest BCUT2D eigenvalue weighted by Crippen LogP contribution is 2.48. The molecule has 55 heavy (non-hydrogen) atoms. The highest BCUT2D eigenvalue weighted by atomic mass is 35.5. The lowest BCUT2D eigenvalue weighted by Gasteiger charge is -2.19. The normalized spacial score (nSPS) is 13.5. The van der Waals surface area contributed by atoms with Crippen molar-refractivity contribution in [2.75, 3.05) is 38.0 Å². The van der Waals surface area contributed by atoms with E-state index in [4.69, 9.17) is 25.8 Å². The van der Waals surface area contributed by atoms with Crippen molar-refractivity contribution in [2.45, 2.75) is 49.9 Å². The van der Waals surface area contributed by atoms with Crippen molar-refractivity contribution in [3.8, 4) is 11.8 Å². The summed E-state index contributed by atoms with van der Waals surface area (Å²) in [5.74, 6) is -2.63. The number of carbonyl (C=O) groups is 4. The number of halogens is 4. The molecule has 5 rings (SSSR count). The molecule has 1 saturated carbocycles. The van der Waals surface area contributed by atoms with E-state index in [-0.39, 0.29) is 36.8 Å². The van der Waals surface area contributed by atoms with Crippen molar-refractivity contribution >= 4 is 52.8 Å². The topological polar surface area (TPSA) is 183 Å². The van der Waals surface area contributed by atoms with Crippen LogP contribution in [0, 0.1) is 0 Å². The number of carbonyl (C=O) groups excluding carboxylic acids is 4. The third-order valence-electron chi connectivity index (χ3n) is 8.46. The molecule has 4 aromatic rings. The van der Waals surface area contributed by atoms with Crippen LogP contribution in [0.3, 0.4) is 0 Å². The Morgan fingerprint density at radius 1 is 0.909 bits per heavy atom. The predicted molar refractivity (Wildman–Crippen MR) is 194 cm³/mol. The van der Waals surface area contributed by atoms with Crippen LogP contribution in [0.1, 0.15) is 47.2 Å². The SMILES string of the molecule is COC(=O)[C@H](CCC(=O)C(=O)NCCc1ccccc1OC)NC(=O)c1ccc(Nc2nc(NC3(c4ccc(Cl)cc4)CC3)nc(OCC(F)(F)F)n2)cc1. The second kappa shape index (κ2) is 17.9. The third-order valence-corrected chi connectivity index (χ3v) is 8.71. The van der Waals surface area contributed by atoms with Crippen LogP contribution in [0.2, 0.25) is 5.02 Å². The quantitative estimate of drug-likeness (QED) is 0.0756. The minimum atomic E-state index is -4.64. The Bertz CT molecular complexity index is 2000. The van der Waals surface area contributed by atoms with E-state index in [0.29, 0.717) is 35.7 Å². The van der Waals surface area contributed by atoms with Gasteiger partial charge in [-0.15, -0.1) is 0 Å². The number of alkyl halides is 3. The Balaban J connectivity index is 1.19. The standard InChI is InChI=1S/C37H37ClF3N7O7/c1-53-29-6-4-3-5-22(29)17-20-42-31(51)28(49)16-15-27(32(52)54-2)44-30(50)23-7-13-26(14-8-23)43-33-45-34(47-35(46-33)55-21-37(39,40)41)48-36(18-19-36)24-9-11-25(38)12-10-24/h3-14,27H,15-21H2,1-2H3,(H,42,51)(H,44,50)(H2,43,45,46,47,48)/t27-/m0/s1. The number of ketones is 1. The summed E-state index contributed by atoms with van der Waals surface area (Å²) in [6.07, 6.45) is -3.35. The molecule has 0 unspecified atom stereocenters. The Hall–Kier alpha value is -5.97. The zero-order chi connectivity index (χ0) is 39.6. The van der Waals surface area contributed by atoms with E-state index < -0.39 is 53.9 Å². The van der Waals surface area contributed by atoms with E-state index in [2.05, 4.69) is 36.2 Å². The van der Waals surface area contributed by atoms with Crippen LogP contribution < -0.4 is 30.7 Å². The highest BCUT2D eigenvalue weighted by molar-refractivity contribution is 6.36. The molecule has 1 aliphatic carbocycles. The predicted octanol–water partition coefficient (Wildman–Crippen LogP) is 5.30. The molecule has 0 saturated heterocycles. The first-order valence-electron chi connectivity index (χ1n) is 17.0. The Morgan fingerprint density at radius 3 is 2.25 bits per heavy atom. The molecular formula is C37H37ClF3N7O7. The van der Waals surface area contributed by atoms with Gasteiger partial charge in [0.05, 0.1) is 19.8 Å². The van der Waals surface area contributed by atoms with Crippen LogP contribution in [0.15, 0.2) is 72.8 Å². The minimum Gasteiger partial charge on any atom is -0.496 e. The van der Waals surface area contributed by atoms with Crippen LogP contribution in [-0.2, 0) is 31.1 Å². The largest absolute Gasteiger partial charge is 0.496 e. The fraction of sp³-hybridized carbons (Fsp3) is 0.324. The molecule has 1 aliphatic rings. The van der Waals surface area contributed by atoms with E-state index in [1.54, 1.807) is 18.2 Å². The molecule has 3 aromatic carbocycles. The summed E-state index contributed by atoms with van der Waals surface area (Å²) in [5.41, 5.74) is 1.65. The number of nitrogens with zero attached hydrogens (tertiary/aromatic N) is 3. The summed E-state index contributed by atoms with van der Waals surface area (Å²) in [7, 11) is 2.66.